The number of nitro groups is 1. The Balaban J connectivity index is 2.13. The number of hydrogen-bond donors (Lipinski definition) is 1. The average molecular weight is 364 g/mol. The summed E-state index contributed by atoms with van der Waals surface area (Å²) in [6.07, 6.45) is 0.463. The van der Waals surface area contributed by atoms with Crippen LogP contribution >= 0.6 is 0 Å². The van der Waals surface area contributed by atoms with Crippen LogP contribution in [0.5, 0.6) is 0 Å². The maximum atomic E-state index is 12.5. The SMILES string of the molecule is COCC(Cc1ccccc1)NS(=O)(=O)Cc1ccccc1[N+](=O)[O-]. The summed E-state index contributed by atoms with van der Waals surface area (Å²) < 4.78 is 32.6. The first kappa shape index (κ1) is 19.0. The molecule has 1 atom stereocenters. The van der Waals surface area contributed by atoms with Crippen LogP contribution in [0.2, 0.25) is 0 Å². The van der Waals surface area contributed by atoms with Gasteiger partial charge in [-0.25, -0.2) is 13.1 Å². The van der Waals surface area contributed by atoms with Crippen LogP contribution in [0, 0.1) is 10.1 Å². The summed E-state index contributed by atoms with van der Waals surface area (Å²) in [5, 5.41) is 11.0. The molecule has 0 aliphatic carbocycles. The van der Waals surface area contributed by atoms with Crippen LogP contribution in [0.15, 0.2) is 54.6 Å². The molecule has 8 heteroatoms. The molecule has 0 saturated heterocycles. The molecule has 0 spiro atoms. The van der Waals surface area contributed by atoms with E-state index in [1.807, 2.05) is 30.3 Å². The summed E-state index contributed by atoms with van der Waals surface area (Å²) >= 11 is 0. The van der Waals surface area contributed by atoms with E-state index in [9.17, 15) is 18.5 Å². The van der Waals surface area contributed by atoms with Gasteiger partial charge in [0.25, 0.3) is 5.69 Å². The minimum Gasteiger partial charge on any atom is -0.383 e. The molecule has 0 saturated carbocycles. The third-order valence-corrected chi connectivity index (χ3v) is 4.96. The van der Waals surface area contributed by atoms with Gasteiger partial charge >= 0.3 is 0 Å². The van der Waals surface area contributed by atoms with Crippen molar-refractivity contribution in [2.75, 3.05) is 13.7 Å². The number of hydrogen-bond acceptors (Lipinski definition) is 5. The molecule has 1 N–H and O–H groups in total. The fourth-order valence-electron chi connectivity index (χ4n) is 2.55. The normalized spacial score (nSPS) is 12.7. The second-order valence-electron chi connectivity index (χ2n) is 5.60. The van der Waals surface area contributed by atoms with Gasteiger partial charge in [-0.2, -0.15) is 0 Å². The number of nitrogens with zero attached hydrogens (tertiary/aromatic N) is 1. The number of rotatable bonds is 9. The monoisotopic (exact) mass is 364 g/mol. The van der Waals surface area contributed by atoms with Gasteiger partial charge in [0.15, 0.2) is 0 Å². The van der Waals surface area contributed by atoms with Crippen molar-refractivity contribution in [2.45, 2.75) is 18.2 Å². The fourth-order valence-corrected chi connectivity index (χ4v) is 3.94. The molecule has 2 rings (SSSR count). The predicted molar refractivity (Wildman–Crippen MR) is 94.7 cm³/mol. The Bertz CT molecular complexity index is 809. The summed E-state index contributed by atoms with van der Waals surface area (Å²) in [4.78, 5) is 10.5. The number of methoxy groups -OCH3 is 1. The lowest BCUT2D eigenvalue weighted by Gasteiger charge is -2.18. The van der Waals surface area contributed by atoms with Gasteiger partial charge in [-0.1, -0.05) is 48.5 Å². The van der Waals surface area contributed by atoms with E-state index in [2.05, 4.69) is 4.72 Å². The first-order chi connectivity index (χ1) is 11.9. The summed E-state index contributed by atoms with van der Waals surface area (Å²) in [5.74, 6) is -0.459. The Morgan fingerprint density at radius 1 is 1.12 bits per heavy atom. The van der Waals surface area contributed by atoms with Crippen molar-refractivity contribution >= 4 is 15.7 Å². The molecule has 0 amide bonds. The van der Waals surface area contributed by atoms with Gasteiger partial charge in [-0.3, -0.25) is 10.1 Å². The molecule has 0 radical (unpaired) electrons. The van der Waals surface area contributed by atoms with Crippen molar-refractivity contribution in [1.29, 1.82) is 0 Å². The highest BCUT2D eigenvalue weighted by Gasteiger charge is 2.23. The quantitative estimate of drug-likeness (QED) is 0.544. The van der Waals surface area contributed by atoms with Gasteiger partial charge in [0.2, 0.25) is 10.0 Å². The van der Waals surface area contributed by atoms with E-state index < -0.39 is 26.7 Å². The van der Waals surface area contributed by atoms with Crippen LogP contribution in [0.3, 0.4) is 0 Å². The van der Waals surface area contributed by atoms with E-state index in [4.69, 9.17) is 4.74 Å². The van der Waals surface area contributed by atoms with Crippen LogP contribution in [-0.4, -0.2) is 33.1 Å². The van der Waals surface area contributed by atoms with Crippen LogP contribution in [0.25, 0.3) is 0 Å². The van der Waals surface area contributed by atoms with Crippen molar-refractivity contribution < 1.29 is 18.1 Å². The van der Waals surface area contributed by atoms with E-state index in [-0.39, 0.29) is 17.9 Å². The highest BCUT2D eigenvalue weighted by Crippen LogP contribution is 2.20. The first-order valence-electron chi connectivity index (χ1n) is 7.66. The van der Waals surface area contributed by atoms with Crippen molar-refractivity contribution in [1.82, 2.24) is 4.72 Å². The topological polar surface area (TPSA) is 98.5 Å². The van der Waals surface area contributed by atoms with Gasteiger partial charge in [-0.15, -0.1) is 0 Å². The largest absolute Gasteiger partial charge is 0.383 e. The van der Waals surface area contributed by atoms with Gasteiger partial charge in [0.1, 0.15) is 0 Å². The van der Waals surface area contributed by atoms with Crippen molar-refractivity contribution in [3.05, 3.63) is 75.8 Å². The molecular formula is C17H20N2O5S. The lowest BCUT2D eigenvalue weighted by Crippen LogP contribution is -2.40. The summed E-state index contributed by atoms with van der Waals surface area (Å²) in [6, 6.07) is 14.8. The fraction of sp³-hybridized carbons (Fsp3) is 0.294. The molecule has 0 aliphatic rings. The Hall–Kier alpha value is -2.29. The van der Waals surface area contributed by atoms with Gasteiger partial charge in [0, 0.05) is 24.8 Å². The van der Waals surface area contributed by atoms with Crippen LogP contribution in [0.1, 0.15) is 11.1 Å². The van der Waals surface area contributed by atoms with Crippen molar-refractivity contribution in [2.24, 2.45) is 0 Å². The Morgan fingerprint density at radius 2 is 1.76 bits per heavy atom. The second-order valence-corrected chi connectivity index (χ2v) is 7.36. The molecule has 134 valence electrons. The summed E-state index contributed by atoms with van der Waals surface area (Å²) in [5.41, 5.74) is 0.910. The lowest BCUT2D eigenvalue weighted by atomic mass is 10.1. The summed E-state index contributed by atoms with van der Waals surface area (Å²) in [7, 11) is -2.27. The lowest BCUT2D eigenvalue weighted by molar-refractivity contribution is -0.385. The second kappa shape index (κ2) is 8.70. The standard InChI is InChI=1S/C17H20N2O5S/c1-24-12-16(11-14-7-3-2-4-8-14)18-25(22,23)13-15-9-5-6-10-17(15)19(20)21/h2-10,16,18H,11-13H2,1H3. The molecule has 0 bridgehead atoms. The number of sulfonamides is 1. The molecule has 0 aliphatic heterocycles. The van der Waals surface area contributed by atoms with Crippen LogP contribution in [0.4, 0.5) is 5.69 Å². The third-order valence-electron chi connectivity index (χ3n) is 3.57. The molecule has 1 unspecified atom stereocenters. The minimum absolute atomic E-state index is 0.149. The van der Waals surface area contributed by atoms with E-state index in [1.165, 1.54) is 25.3 Å². The Kier molecular flexibility index (Phi) is 6.63. The molecule has 25 heavy (non-hydrogen) atoms. The number of ether oxygens (including phenoxy) is 1. The van der Waals surface area contributed by atoms with Crippen LogP contribution < -0.4 is 4.72 Å². The molecule has 0 heterocycles. The first-order valence-corrected chi connectivity index (χ1v) is 9.31. The maximum absolute atomic E-state index is 12.5. The van der Waals surface area contributed by atoms with E-state index in [0.29, 0.717) is 6.42 Å². The van der Waals surface area contributed by atoms with Crippen molar-refractivity contribution in [3.63, 3.8) is 0 Å². The van der Waals surface area contributed by atoms with Gasteiger partial charge in [-0.05, 0) is 12.0 Å². The summed E-state index contributed by atoms with van der Waals surface area (Å²) in [6.45, 7) is 0.199. The number of para-hydroxylation sites is 1. The average Bonchev–Trinajstić information content (AvgIpc) is 2.55. The Morgan fingerprint density at radius 3 is 2.40 bits per heavy atom. The maximum Gasteiger partial charge on any atom is 0.273 e. The number of nitrogens with one attached hydrogen (secondary N) is 1. The smallest absolute Gasteiger partial charge is 0.273 e. The molecule has 2 aromatic carbocycles. The Labute approximate surface area is 146 Å². The molecule has 7 nitrogen and oxygen atoms in total. The highest BCUT2D eigenvalue weighted by atomic mass is 32.2. The molecule has 0 aromatic heterocycles. The highest BCUT2D eigenvalue weighted by molar-refractivity contribution is 7.88. The van der Waals surface area contributed by atoms with Gasteiger partial charge < -0.3 is 4.74 Å². The molecule has 0 fully saturated rings. The number of nitro benzene ring substituents is 1. The van der Waals surface area contributed by atoms with Crippen LogP contribution in [-0.2, 0) is 26.9 Å². The van der Waals surface area contributed by atoms with E-state index >= 15 is 0 Å². The van der Waals surface area contributed by atoms with Gasteiger partial charge in [0.05, 0.1) is 17.3 Å². The zero-order chi connectivity index (χ0) is 18.3. The zero-order valence-electron chi connectivity index (χ0n) is 13.8. The minimum atomic E-state index is -3.77. The third kappa shape index (κ3) is 5.93. The van der Waals surface area contributed by atoms with Crippen molar-refractivity contribution in [3.8, 4) is 0 Å². The zero-order valence-corrected chi connectivity index (χ0v) is 14.6. The van der Waals surface area contributed by atoms with E-state index in [1.54, 1.807) is 6.07 Å². The van der Waals surface area contributed by atoms with E-state index in [0.717, 1.165) is 5.56 Å². The molecule has 2 aromatic rings. The molecular weight excluding hydrogens is 344 g/mol. The number of benzene rings is 2. The predicted octanol–water partition coefficient (Wildman–Crippen LogP) is 2.27.